The van der Waals surface area contributed by atoms with Gasteiger partial charge >= 0.3 is 6.36 Å². The van der Waals surface area contributed by atoms with Crippen molar-refractivity contribution in [3.8, 4) is 17.0 Å². The lowest BCUT2D eigenvalue weighted by atomic mass is 10.1. The number of pyridine rings is 2. The lowest BCUT2D eigenvalue weighted by Gasteiger charge is -2.10. The van der Waals surface area contributed by atoms with Crippen LogP contribution in [0, 0.1) is 0 Å². The van der Waals surface area contributed by atoms with Crippen molar-refractivity contribution < 1.29 is 22.7 Å². The number of ether oxygens (including phenoxy) is 1. The molecule has 0 radical (unpaired) electrons. The number of hydrogen-bond donors (Lipinski definition) is 1. The first-order valence-electron chi connectivity index (χ1n) is 7.90. The van der Waals surface area contributed by atoms with E-state index in [9.17, 15) is 18.0 Å². The van der Waals surface area contributed by atoms with Gasteiger partial charge in [-0.3, -0.25) is 14.8 Å². The van der Waals surface area contributed by atoms with Gasteiger partial charge in [-0.05, 0) is 48.0 Å². The van der Waals surface area contributed by atoms with E-state index < -0.39 is 18.0 Å². The summed E-state index contributed by atoms with van der Waals surface area (Å²) < 4.78 is 40.7. The van der Waals surface area contributed by atoms with Gasteiger partial charge in [-0.15, -0.1) is 13.2 Å². The van der Waals surface area contributed by atoms with Gasteiger partial charge in [0.2, 0.25) is 0 Å². The lowest BCUT2D eigenvalue weighted by molar-refractivity contribution is -0.274. The van der Waals surface area contributed by atoms with E-state index in [0.29, 0.717) is 5.69 Å². The Labute approximate surface area is 152 Å². The van der Waals surface area contributed by atoms with Gasteiger partial charge in [0.05, 0.1) is 5.69 Å². The molecule has 8 heteroatoms. The van der Waals surface area contributed by atoms with Crippen LogP contribution in [0.5, 0.6) is 5.75 Å². The summed E-state index contributed by atoms with van der Waals surface area (Å²) in [6.07, 6.45) is 0.136. The molecule has 0 fully saturated rings. The minimum absolute atomic E-state index is 0.0679. The summed E-state index contributed by atoms with van der Waals surface area (Å²) >= 11 is 0. The maximum absolute atomic E-state index is 12.3. The second-order valence-corrected chi connectivity index (χ2v) is 5.55. The average Bonchev–Trinajstić information content (AvgIpc) is 2.66. The molecule has 0 aliphatic rings. The topological polar surface area (TPSA) is 64.1 Å². The first-order chi connectivity index (χ1) is 12.9. The largest absolute Gasteiger partial charge is 0.573 e. The summed E-state index contributed by atoms with van der Waals surface area (Å²) in [6.45, 7) is 0.193. The van der Waals surface area contributed by atoms with Gasteiger partial charge in [0.1, 0.15) is 5.75 Å². The molecule has 3 rings (SSSR count). The van der Waals surface area contributed by atoms with Crippen molar-refractivity contribution in [3.63, 3.8) is 0 Å². The van der Waals surface area contributed by atoms with Crippen LogP contribution in [0.15, 0.2) is 67.1 Å². The molecule has 0 aliphatic carbocycles. The van der Waals surface area contributed by atoms with E-state index in [1.165, 1.54) is 12.1 Å². The highest BCUT2D eigenvalue weighted by Crippen LogP contribution is 2.23. The van der Waals surface area contributed by atoms with Crippen LogP contribution in [0.2, 0.25) is 0 Å². The summed E-state index contributed by atoms with van der Waals surface area (Å²) in [5, 5.41) is 2.66. The molecule has 1 aromatic carbocycles. The Kier molecular flexibility index (Phi) is 5.35. The van der Waals surface area contributed by atoms with Gasteiger partial charge in [0, 0.05) is 36.3 Å². The molecular formula is C19H14F3N3O2. The first kappa shape index (κ1) is 18.4. The predicted molar refractivity (Wildman–Crippen MR) is 91.8 cm³/mol. The summed E-state index contributed by atoms with van der Waals surface area (Å²) in [5.74, 6) is -0.958. The summed E-state index contributed by atoms with van der Waals surface area (Å²) in [5.41, 5.74) is 2.40. The van der Waals surface area contributed by atoms with Crippen LogP contribution in [0.3, 0.4) is 0 Å². The van der Waals surface area contributed by atoms with E-state index in [4.69, 9.17) is 0 Å². The molecule has 2 aromatic heterocycles. The van der Waals surface area contributed by atoms with E-state index in [1.54, 1.807) is 36.8 Å². The molecule has 0 spiro atoms. The Morgan fingerprint density at radius 2 is 1.93 bits per heavy atom. The number of benzene rings is 1. The molecule has 1 N–H and O–H groups in total. The van der Waals surface area contributed by atoms with Crippen LogP contribution in [-0.2, 0) is 6.54 Å². The molecular weight excluding hydrogens is 359 g/mol. The molecule has 3 aromatic rings. The van der Waals surface area contributed by atoms with Gasteiger partial charge in [-0.2, -0.15) is 0 Å². The monoisotopic (exact) mass is 373 g/mol. The fraction of sp³-hybridized carbons (Fsp3) is 0.105. The summed E-state index contributed by atoms with van der Waals surface area (Å²) in [6, 6.07) is 12.1. The molecule has 0 unspecified atom stereocenters. The Bertz CT molecular complexity index is 931. The van der Waals surface area contributed by atoms with E-state index >= 15 is 0 Å². The third kappa shape index (κ3) is 5.27. The third-order valence-electron chi connectivity index (χ3n) is 3.56. The SMILES string of the molecule is O=C(NCc1ccnc(-c2cccnc2)c1)c1cccc(OC(F)(F)F)c1. The highest BCUT2D eigenvalue weighted by atomic mass is 19.4. The number of halogens is 3. The number of rotatable bonds is 5. The molecule has 2 heterocycles. The summed E-state index contributed by atoms with van der Waals surface area (Å²) in [4.78, 5) is 20.5. The highest BCUT2D eigenvalue weighted by molar-refractivity contribution is 5.94. The van der Waals surface area contributed by atoms with Crippen molar-refractivity contribution >= 4 is 5.91 Å². The fourth-order valence-electron chi connectivity index (χ4n) is 2.38. The van der Waals surface area contributed by atoms with Crippen molar-refractivity contribution in [2.24, 2.45) is 0 Å². The van der Waals surface area contributed by atoms with E-state index in [1.807, 2.05) is 6.07 Å². The Morgan fingerprint density at radius 1 is 1.07 bits per heavy atom. The number of hydrogen-bond acceptors (Lipinski definition) is 4. The number of aromatic nitrogens is 2. The van der Waals surface area contributed by atoms with Crippen LogP contribution in [0.4, 0.5) is 13.2 Å². The van der Waals surface area contributed by atoms with Crippen molar-refractivity contribution in [3.05, 3.63) is 78.2 Å². The van der Waals surface area contributed by atoms with Crippen LogP contribution in [-0.4, -0.2) is 22.2 Å². The van der Waals surface area contributed by atoms with Crippen molar-refractivity contribution in [1.82, 2.24) is 15.3 Å². The number of amides is 1. The summed E-state index contributed by atoms with van der Waals surface area (Å²) in [7, 11) is 0. The lowest BCUT2D eigenvalue weighted by Crippen LogP contribution is -2.23. The van der Waals surface area contributed by atoms with Crippen molar-refractivity contribution in [1.29, 1.82) is 0 Å². The van der Waals surface area contributed by atoms with E-state index in [-0.39, 0.29) is 12.1 Å². The molecule has 0 atom stereocenters. The van der Waals surface area contributed by atoms with Gasteiger partial charge in [-0.1, -0.05) is 6.07 Å². The van der Waals surface area contributed by atoms with Crippen LogP contribution < -0.4 is 10.1 Å². The quantitative estimate of drug-likeness (QED) is 0.735. The zero-order chi connectivity index (χ0) is 19.3. The molecule has 138 valence electrons. The molecule has 0 saturated heterocycles. The first-order valence-corrected chi connectivity index (χ1v) is 7.90. The Morgan fingerprint density at radius 3 is 2.67 bits per heavy atom. The molecule has 0 aliphatic heterocycles. The zero-order valence-electron chi connectivity index (χ0n) is 13.9. The Balaban J connectivity index is 1.67. The standard InChI is InChI=1S/C19H14F3N3O2/c20-19(21,22)27-16-5-1-3-14(10-16)18(26)25-11-13-6-8-24-17(9-13)15-4-2-7-23-12-15/h1-10,12H,11H2,(H,25,26). The smallest absolute Gasteiger partial charge is 0.406 e. The number of nitrogens with one attached hydrogen (secondary N) is 1. The average molecular weight is 373 g/mol. The van der Waals surface area contributed by atoms with Crippen LogP contribution >= 0.6 is 0 Å². The minimum atomic E-state index is -4.81. The van der Waals surface area contributed by atoms with Gasteiger partial charge in [-0.25, -0.2) is 0 Å². The molecule has 0 bridgehead atoms. The van der Waals surface area contributed by atoms with E-state index in [0.717, 1.165) is 23.3 Å². The second kappa shape index (κ2) is 7.86. The van der Waals surface area contributed by atoms with E-state index in [2.05, 4.69) is 20.0 Å². The van der Waals surface area contributed by atoms with Crippen LogP contribution in [0.1, 0.15) is 15.9 Å². The second-order valence-electron chi connectivity index (χ2n) is 5.55. The molecule has 0 saturated carbocycles. The number of alkyl halides is 3. The Hall–Kier alpha value is -3.42. The number of nitrogens with zero attached hydrogens (tertiary/aromatic N) is 2. The maximum Gasteiger partial charge on any atom is 0.573 e. The predicted octanol–water partition coefficient (Wildman–Crippen LogP) is 3.97. The third-order valence-corrected chi connectivity index (χ3v) is 3.56. The molecule has 5 nitrogen and oxygen atoms in total. The van der Waals surface area contributed by atoms with Gasteiger partial charge in [0.25, 0.3) is 5.91 Å². The van der Waals surface area contributed by atoms with Gasteiger partial charge in [0.15, 0.2) is 0 Å². The number of carbonyl (C=O) groups excluding carboxylic acids is 1. The van der Waals surface area contributed by atoms with Crippen LogP contribution in [0.25, 0.3) is 11.3 Å². The number of carbonyl (C=O) groups is 1. The fourth-order valence-corrected chi connectivity index (χ4v) is 2.38. The normalized spacial score (nSPS) is 11.1. The molecule has 1 amide bonds. The highest BCUT2D eigenvalue weighted by Gasteiger charge is 2.31. The minimum Gasteiger partial charge on any atom is -0.406 e. The van der Waals surface area contributed by atoms with Gasteiger partial charge < -0.3 is 10.1 Å². The van der Waals surface area contributed by atoms with Crippen molar-refractivity contribution in [2.75, 3.05) is 0 Å². The maximum atomic E-state index is 12.3. The molecule has 27 heavy (non-hydrogen) atoms. The van der Waals surface area contributed by atoms with Crippen molar-refractivity contribution in [2.45, 2.75) is 12.9 Å². The zero-order valence-corrected chi connectivity index (χ0v) is 13.9.